The van der Waals surface area contributed by atoms with Gasteiger partial charge in [0.05, 0.1) is 27.4 Å². The molecule has 0 aliphatic heterocycles. The van der Waals surface area contributed by atoms with Gasteiger partial charge in [-0.3, -0.25) is 15.4 Å². The molecule has 18 heteroatoms. The second kappa shape index (κ2) is 23.2. The molecule has 61 heavy (non-hydrogen) atoms. The van der Waals surface area contributed by atoms with Crippen molar-refractivity contribution in [1.29, 1.82) is 10.5 Å². The molecule has 3 aromatic carbocycles. The first-order valence-electron chi connectivity index (χ1n) is 19.0. The third-order valence-corrected chi connectivity index (χ3v) is 11.2. The number of aromatic nitrogens is 4. The summed E-state index contributed by atoms with van der Waals surface area (Å²) in [5.41, 5.74) is 8.22. The fourth-order valence-electron chi connectivity index (χ4n) is 6.74. The normalized spacial score (nSPS) is 14.5. The maximum absolute atomic E-state index is 12.6. The number of hydrogen-bond acceptors (Lipinski definition) is 12. The Balaban J connectivity index is 0.000000206. The number of urea groups is 1. The minimum Gasteiger partial charge on any atom is -0.410 e. The number of anilines is 2. The summed E-state index contributed by atoms with van der Waals surface area (Å²) in [6, 6.07) is 27.4. The number of nitrogens with one attached hydrogen (secondary N) is 3. The summed E-state index contributed by atoms with van der Waals surface area (Å²) in [7, 11) is 0. The van der Waals surface area contributed by atoms with Gasteiger partial charge in [0.1, 0.15) is 17.9 Å². The van der Waals surface area contributed by atoms with Crippen LogP contribution in [0, 0.1) is 39.9 Å². The van der Waals surface area contributed by atoms with E-state index in [1.165, 1.54) is 30.7 Å². The smallest absolute Gasteiger partial charge is 0.410 e. The van der Waals surface area contributed by atoms with E-state index in [1.54, 1.807) is 30.6 Å². The lowest BCUT2D eigenvalue weighted by Crippen LogP contribution is -2.49. The highest BCUT2D eigenvalue weighted by Crippen LogP contribution is 2.36. The van der Waals surface area contributed by atoms with Crippen LogP contribution < -0.4 is 26.4 Å². The van der Waals surface area contributed by atoms with Gasteiger partial charge in [-0.15, -0.1) is 0 Å². The number of nitro benzene ring substituents is 1. The molecule has 0 bridgehead atoms. The molecule has 2 aliphatic rings. The predicted octanol–water partition coefficient (Wildman–Crippen LogP) is 9.85. The number of non-ortho nitro benzene ring substituents is 1. The van der Waals surface area contributed by atoms with Crippen LogP contribution in [0.2, 0.25) is 0 Å². The van der Waals surface area contributed by atoms with E-state index in [0.29, 0.717) is 11.4 Å². The third kappa shape index (κ3) is 14.4. The molecule has 5 aromatic rings. The first-order valence-corrected chi connectivity index (χ1v) is 21.2. The van der Waals surface area contributed by atoms with E-state index in [0.717, 1.165) is 76.3 Å². The van der Waals surface area contributed by atoms with E-state index in [4.69, 9.17) is 21.0 Å². The second-order valence-electron chi connectivity index (χ2n) is 14.0. The number of carbonyl (C=O) groups is 2. The van der Waals surface area contributed by atoms with Crippen molar-refractivity contribution in [1.82, 2.24) is 25.3 Å². The molecule has 0 radical (unpaired) electrons. The Morgan fingerprint density at radius 2 is 1.18 bits per heavy atom. The Labute approximate surface area is 381 Å². The van der Waals surface area contributed by atoms with Gasteiger partial charge in [0.15, 0.2) is 0 Å². The molecule has 7 rings (SSSR count). The van der Waals surface area contributed by atoms with Crippen LogP contribution in [0.3, 0.4) is 0 Å². The summed E-state index contributed by atoms with van der Waals surface area (Å²) in [5, 5.41) is 36.8. The molecule has 5 N–H and O–H groups in total. The number of carbonyl (C=O) groups excluding carboxylic acids is 2. The zero-order valence-electron chi connectivity index (χ0n) is 32.3. The quantitative estimate of drug-likeness (QED) is 0.0676. The van der Waals surface area contributed by atoms with Crippen molar-refractivity contribution in [2.45, 2.75) is 82.7 Å². The minimum atomic E-state index is -0.653. The number of rotatable bonds is 7. The van der Waals surface area contributed by atoms with E-state index in [2.05, 4.69) is 81.1 Å². The number of ether oxygens (including phenoxy) is 1. The number of nitriles is 2. The number of nitrogens with two attached hydrogens (primary N) is 1. The molecule has 0 atom stereocenters. The second-order valence-corrected chi connectivity index (χ2v) is 16.5. The zero-order chi connectivity index (χ0) is 43.0. The summed E-state index contributed by atoms with van der Waals surface area (Å²) in [5.74, 6) is 0.573. The number of amides is 3. The monoisotopic (exact) mass is 1050 g/mol. The number of nitro groups is 1. The van der Waals surface area contributed by atoms with Crippen LogP contribution >= 0.6 is 45.2 Å². The Kier molecular flexibility index (Phi) is 18.2. The lowest BCUT2D eigenvalue weighted by molar-refractivity contribution is -0.384. The number of hydrogen-bond donors (Lipinski definition) is 4. The van der Waals surface area contributed by atoms with Crippen LogP contribution in [0.4, 0.5) is 26.7 Å². The Hall–Kier alpha value is -5.84. The van der Waals surface area contributed by atoms with Crippen molar-refractivity contribution < 1.29 is 19.2 Å². The highest BCUT2D eigenvalue weighted by atomic mass is 127. The van der Waals surface area contributed by atoms with Crippen LogP contribution in [0.15, 0.2) is 97.3 Å². The van der Waals surface area contributed by atoms with Crippen LogP contribution in [0.25, 0.3) is 0 Å². The maximum atomic E-state index is 12.6. The van der Waals surface area contributed by atoms with E-state index >= 15 is 0 Å². The lowest BCUT2D eigenvalue weighted by Gasteiger charge is -2.37. The Bertz CT molecular complexity index is 2320. The topological polar surface area (TPSA) is 248 Å². The minimum absolute atomic E-state index is 0. The van der Waals surface area contributed by atoms with Gasteiger partial charge < -0.3 is 21.1 Å². The van der Waals surface area contributed by atoms with Crippen molar-refractivity contribution in [2.75, 3.05) is 10.6 Å². The molecular weight excluding hydrogens is 1000 g/mol. The van der Waals surface area contributed by atoms with E-state index in [-0.39, 0.29) is 42.1 Å². The highest BCUT2D eigenvalue weighted by molar-refractivity contribution is 14.1. The molecule has 2 aliphatic carbocycles. The number of halogens is 2. The Morgan fingerprint density at radius 1 is 0.705 bits per heavy atom. The zero-order valence-corrected chi connectivity index (χ0v) is 36.6. The van der Waals surface area contributed by atoms with Crippen molar-refractivity contribution in [3.8, 4) is 17.9 Å². The summed E-state index contributed by atoms with van der Waals surface area (Å²) < 4.78 is 7.17. The molecule has 2 heterocycles. The van der Waals surface area contributed by atoms with Crippen LogP contribution in [-0.2, 0) is 11.1 Å². The van der Waals surface area contributed by atoms with E-state index in [1.807, 2.05) is 54.6 Å². The van der Waals surface area contributed by atoms with Gasteiger partial charge in [-0.1, -0.05) is 46.0 Å². The first kappa shape index (κ1) is 47.8. The predicted molar refractivity (Wildman–Crippen MR) is 247 cm³/mol. The highest BCUT2D eigenvalue weighted by Gasteiger charge is 2.37. The summed E-state index contributed by atoms with van der Waals surface area (Å²) in [4.78, 5) is 50.5. The average molecular weight is 1050 g/mol. The Morgan fingerprint density at radius 3 is 1.69 bits per heavy atom. The first-order chi connectivity index (χ1) is 28.9. The molecular formula is C43H45I2N11O5. The van der Waals surface area contributed by atoms with Crippen molar-refractivity contribution in [3.63, 3.8) is 0 Å². The fraction of sp³-hybridized carbons (Fsp3) is 0.302. The molecule has 0 unspecified atom stereocenters. The molecule has 0 spiro atoms. The number of benzene rings is 3. The molecule has 3 amide bonds. The van der Waals surface area contributed by atoms with E-state index in [9.17, 15) is 19.7 Å². The summed E-state index contributed by atoms with van der Waals surface area (Å²) >= 11 is 4.38. The van der Waals surface area contributed by atoms with Gasteiger partial charge in [0.2, 0.25) is 11.6 Å². The summed E-state index contributed by atoms with van der Waals surface area (Å²) in [6.07, 6.45) is 12.7. The largest absolute Gasteiger partial charge is 0.417 e. The third-order valence-electron chi connectivity index (χ3n) is 9.77. The van der Waals surface area contributed by atoms with Crippen LogP contribution in [-0.4, -0.2) is 37.0 Å². The molecule has 2 saturated carbocycles. The van der Waals surface area contributed by atoms with Gasteiger partial charge >= 0.3 is 12.1 Å². The fourth-order valence-corrected chi connectivity index (χ4v) is 7.46. The van der Waals surface area contributed by atoms with E-state index < -0.39 is 16.6 Å². The van der Waals surface area contributed by atoms with Gasteiger partial charge in [0, 0.05) is 43.0 Å². The SMILES string of the molecule is C.N#Cc1nccc(C2(N)CCCCC2)n1.N#Cc1nccc(C2(NC(=O)Nc3ccc(I)cc3)CCCCC2)n1.O=C(Nc1ccc(I)cc1)Oc1ccc([N+](=O)[O-])cc1. The molecule has 16 nitrogen and oxygen atoms in total. The van der Waals surface area contributed by atoms with Crippen molar-refractivity contribution in [2.24, 2.45) is 5.73 Å². The summed E-state index contributed by atoms with van der Waals surface area (Å²) in [6.45, 7) is 0. The molecule has 316 valence electrons. The lowest BCUT2D eigenvalue weighted by atomic mass is 9.79. The van der Waals surface area contributed by atoms with Gasteiger partial charge in [-0.05, 0) is 144 Å². The van der Waals surface area contributed by atoms with Gasteiger partial charge in [-0.25, -0.2) is 29.5 Å². The number of nitrogens with zero attached hydrogens (tertiary/aromatic N) is 7. The maximum Gasteiger partial charge on any atom is 0.417 e. The van der Waals surface area contributed by atoms with Crippen molar-refractivity contribution in [3.05, 3.63) is 138 Å². The standard InChI is InChI=1S/C18H18IN5O.C13H9IN2O4.C11H14N4.CH4/c19-13-4-6-14(7-5-13)22-17(25)24-18(9-2-1-3-10-18)15-8-11-21-16(12-20)23-15;14-9-1-3-10(4-2-9)15-13(17)20-12-7-5-11(6-8-12)16(18)19;12-8-10-14-7-4-9(15-10)11(13)5-2-1-3-6-11;/h4-8,11H,1-3,9-10H2,(H2,22,24,25);1-8H,(H,15,17);4,7H,1-3,5-6,13H2;1H4. The average Bonchev–Trinajstić information content (AvgIpc) is 3.26. The van der Waals surface area contributed by atoms with Gasteiger partial charge in [0.25, 0.3) is 5.69 Å². The van der Waals surface area contributed by atoms with Crippen LogP contribution in [0.5, 0.6) is 5.75 Å². The van der Waals surface area contributed by atoms with Crippen molar-refractivity contribution >= 4 is 74.4 Å². The molecule has 0 saturated heterocycles. The molecule has 2 fully saturated rings. The van der Waals surface area contributed by atoms with Crippen LogP contribution in [0.1, 0.15) is 94.7 Å². The van der Waals surface area contributed by atoms with Gasteiger partial charge in [-0.2, -0.15) is 10.5 Å². The molecule has 2 aromatic heterocycles.